The molecule has 0 unspecified atom stereocenters. The van der Waals surface area contributed by atoms with E-state index in [1.54, 1.807) is 0 Å². The Morgan fingerprint density at radius 1 is 0.722 bits per heavy atom. The monoisotopic (exact) mass is 273 g/mol. The van der Waals surface area contributed by atoms with Crippen molar-refractivity contribution in [3.8, 4) is 0 Å². The van der Waals surface area contributed by atoms with Crippen LogP contribution in [0.15, 0.2) is 25.6 Å². The van der Waals surface area contributed by atoms with E-state index >= 15 is 0 Å². The summed E-state index contributed by atoms with van der Waals surface area (Å²) in [6.45, 7) is 10.8. The van der Waals surface area contributed by atoms with Gasteiger partial charge in [0.2, 0.25) is 0 Å². The number of rotatable bonds is 13. The van der Waals surface area contributed by atoms with Crippen molar-refractivity contribution in [1.82, 2.24) is 4.90 Å². The van der Waals surface area contributed by atoms with Crippen molar-refractivity contribution in [2.75, 3.05) is 6.54 Å². The lowest BCUT2D eigenvalue weighted by molar-refractivity contribution is 0.466. The fourth-order valence-electron chi connectivity index (χ4n) is 2.04. The molecule has 0 aromatic carbocycles. The first-order valence-electron chi connectivity index (χ1n) is 7.36. The van der Waals surface area contributed by atoms with Crippen LogP contribution in [-0.4, -0.2) is 11.4 Å². The van der Waals surface area contributed by atoms with Gasteiger partial charge in [0.05, 0.1) is 0 Å². The standard InChI is InChI=1S/C16H31N.ClH/c1-4-7-8-9-10-11-12-13-14-15-16-17(5-2)6-3;/h5-6H,2-4,7-16H2,1H3;1H. The zero-order chi connectivity index (χ0) is 12.8. The van der Waals surface area contributed by atoms with Gasteiger partial charge in [-0.15, -0.1) is 12.4 Å². The summed E-state index contributed by atoms with van der Waals surface area (Å²) in [5, 5.41) is 0. The van der Waals surface area contributed by atoms with Crippen molar-refractivity contribution in [3.05, 3.63) is 25.6 Å². The summed E-state index contributed by atoms with van der Waals surface area (Å²) in [4.78, 5) is 2.06. The average molecular weight is 274 g/mol. The van der Waals surface area contributed by atoms with Crippen molar-refractivity contribution < 1.29 is 0 Å². The number of hydrogen-bond acceptors (Lipinski definition) is 1. The molecule has 108 valence electrons. The largest absolute Gasteiger partial charge is 0.355 e. The summed E-state index contributed by atoms with van der Waals surface area (Å²) in [7, 11) is 0. The maximum atomic E-state index is 3.75. The molecule has 0 amide bonds. The van der Waals surface area contributed by atoms with Crippen LogP contribution in [0, 0.1) is 0 Å². The Bertz CT molecular complexity index is 172. The number of nitrogens with zero attached hydrogens (tertiary/aromatic N) is 1. The summed E-state index contributed by atoms with van der Waals surface area (Å²) in [5.41, 5.74) is 0. The van der Waals surface area contributed by atoms with Gasteiger partial charge >= 0.3 is 0 Å². The molecule has 0 aliphatic heterocycles. The first-order chi connectivity index (χ1) is 8.35. The number of hydrogen-bond donors (Lipinski definition) is 0. The maximum Gasteiger partial charge on any atom is 0.0219 e. The molecule has 0 spiro atoms. The van der Waals surface area contributed by atoms with Crippen LogP contribution in [0.25, 0.3) is 0 Å². The van der Waals surface area contributed by atoms with E-state index in [9.17, 15) is 0 Å². The topological polar surface area (TPSA) is 3.24 Å². The Morgan fingerprint density at radius 3 is 1.50 bits per heavy atom. The molecule has 0 aromatic rings. The molecule has 0 radical (unpaired) electrons. The zero-order valence-electron chi connectivity index (χ0n) is 12.2. The number of unbranched alkanes of at least 4 members (excludes halogenated alkanes) is 9. The molecule has 1 nitrogen and oxygen atoms in total. The molecule has 0 atom stereocenters. The molecule has 0 aliphatic carbocycles. The fourth-order valence-corrected chi connectivity index (χ4v) is 2.04. The second kappa shape index (κ2) is 16.6. The lowest BCUT2D eigenvalue weighted by Gasteiger charge is -2.13. The van der Waals surface area contributed by atoms with E-state index in [2.05, 4.69) is 25.0 Å². The van der Waals surface area contributed by atoms with Gasteiger partial charge in [-0.2, -0.15) is 0 Å². The van der Waals surface area contributed by atoms with Gasteiger partial charge in [-0.05, 0) is 18.8 Å². The molecule has 2 heteroatoms. The molecule has 0 bridgehead atoms. The molecule has 0 fully saturated rings. The van der Waals surface area contributed by atoms with Gasteiger partial charge in [-0.3, -0.25) is 0 Å². The van der Waals surface area contributed by atoms with Gasteiger partial charge in [0.1, 0.15) is 0 Å². The third-order valence-electron chi connectivity index (χ3n) is 3.24. The van der Waals surface area contributed by atoms with E-state index in [1.165, 1.54) is 64.2 Å². The third kappa shape index (κ3) is 13.6. The van der Waals surface area contributed by atoms with Crippen LogP contribution < -0.4 is 0 Å². The van der Waals surface area contributed by atoms with Crippen molar-refractivity contribution in [2.45, 2.75) is 71.1 Å². The van der Waals surface area contributed by atoms with Crippen LogP contribution in [-0.2, 0) is 0 Å². The normalized spacial score (nSPS) is 9.61. The van der Waals surface area contributed by atoms with Crippen LogP contribution in [0.2, 0.25) is 0 Å². The summed E-state index contributed by atoms with van der Waals surface area (Å²) < 4.78 is 0. The smallest absolute Gasteiger partial charge is 0.0219 e. The van der Waals surface area contributed by atoms with Crippen molar-refractivity contribution in [3.63, 3.8) is 0 Å². The second-order valence-corrected chi connectivity index (χ2v) is 4.78. The van der Waals surface area contributed by atoms with E-state index in [0.717, 1.165) is 6.54 Å². The van der Waals surface area contributed by atoms with E-state index in [-0.39, 0.29) is 12.4 Å². The molecule has 0 saturated carbocycles. The van der Waals surface area contributed by atoms with E-state index in [4.69, 9.17) is 0 Å². The lowest BCUT2D eigenvalue weighted by atomic mass is 10.1. The highest BCUT2D eigenvalue weighted by atomic mass is 35.5. The summed E-state index contributed by atoms with van der Waals surface area (Å²) >= 11 is 0. The van der Waals surface area contributed by atoms with Gasteiger partial charge in [-0.1, -0.05) is 77.9 Å². The highest BCUT2D eigenvalue weighted by Crippen LogP contribution is 2.10. The van der Waals surface area contributed by atoms with Crippen LogP contribution in [0.4, 0.5) is 0 Å². The predicted octanol–water partition coefficient (Wildman–Crippen LogP) is 5.92. The second-order valence-electron chi connectivity index (χ2n) is 4.78. The SMILES string of the molecule is C=CN(C=C)CCCCCCCCCCCC.Cl. The van der Waals surface area contributed by atoms with Crippen LogP contribution >= 0.6 is 12.4 Å². The quantitative estimate of drug-likeness (QED) is 0.377. The Balaban J connectivity index is 0. The molecular formula is C16H32ClN. The molecule has 0 aromatic heterocycles. The Kier molecular flexibility index (Phi) is 18.3. The van der Waals surface area contributed by atoms with Crippen molar-refractivity contribution in [2.24, 2.45) is 0 Å². The molecule has 0 heterocycles. The maximum absolute atomic E-state index is 3.75. The highest BCUT2D eigenvalue weighted by Gasteiger charge is 1.94. The van der Waals surface area contributed by atoms with Gasteiger partial charge in [-0.25, -0.2) is 0 Å². The summed E-state index contributed by atoms with van der Waals surface area (Å²) in [5.74, 6) is 0. The van der Waals surface area contributed by atoms with E-state index in [0.29, 0.717) is 0 Å². The predicted molar refractivity (Wildman–Crippen MR) is 86.2 cm³/mol. The van der Waals surface area contributed by atoms with Crippen LogP contribution in [0.1, 0.15) is 71.1 Å². The third-order valence-corrected chi connectivity index (χ3v) is 3.24. The van der Waals surface area contributed by atoms with Crippen LogP contribution in [0.5, 0.6) is 0 Å². The van der Waals surface area contributed by atoms with Crippen molar-refractivity contribution in [1.29, 1.82) is 0 Å². The van der Waals surface area contributed by atoms with E-state index < -0.39 is 0 Å². The molecule has 0 rings (SSSR count). The minimum absolute atomic E-state index is 0. The molecule has 0 N–H and O–H groups in total. The lowest BCUT2D eigenvalue weighted by Crippen LogP contribution is -2.09. The zero-order valence-corrected chi connectivity index (χ0v) is 13.0. The Hall–Kier alpha value is -0.430. The Labute approximate surface area is 121 Å². The molecule has 0 aliphatic rings. The minimum atomic E-state index is 0. The van der Waals surface area contributed by atoms with Gasteiger partial charge < -0.3 is 4.90 Å². The van der Waals surface area contributed by atoms with Gasteiger partial charge in [0.25, 0.3) is 0 Å². The average Bonchev–Trinajstić information content (AvgIpc) is 2.36. The molecule has 18 heavy (non-hydrogen) atoms. The van der Waals surface area contributed by atoms with Crippen molar-refractivity contribution >= 4 is 12.4 Å². The first kappa shape index (κ1) is 19.9. The van der Waals surface area contributed by atoms with E-state index in [1.807, 2.05) is 12.4 Å². The Morgan fingerprint density at radius 2 is 1.11 bits per heavy atom. The minimum Gasteiger partial charge on any atom is -0.355 e. The highest BCUT2D eigenvalue weighted by molar-refractivity contribution is 5.85. The fraction of sp³-hybridized carbons (Fsp3) is 0.750. The van der Waals surface area contributed by atoms with Crippen LogP contribution in [0.3, 0.4) is 0 Å². The summed E-state index contributed by atoms with van der Waals surface area (Å²) in [6.07, 6.45) is 17.6. The van der Waals surface area contributed by atoms with Gasteiger partial charge in [0, 0.05) is 6.54 Å². The number of halogens is 1. The summed E-state index contributed by atoms with van der Waals surface area (Å²) in [6, 6.07) is 0. The molecule has 0 saturated heterocycles. The molecular weight excluding hydrogens is 242 g/mol. The first-order valence-corrected chi connectivity index (χ1v) is 7.36. The van der Waals surface area contributed by atoms with Gasteiger partial charge in [0.15, 0.2) is 0 Å².